The van der Waals surface area contributed by atoms with Gasteiger partial charge in [-0.25, -0.2) is 0 Å². The van der Waals surface area contributed by atoms with Crippen LogP contribution in [0.15, 0.2) is 59.1 Å². The highest BCUT2D eigenvalue weighted by atomic mass is 16.5. The van der Waals surface area contributed by atoms with Gasteiger partial charge in [0.15, 0.2) is 11.5 Å². The van der Waals surface area contributed by atoms with Gasteiger partial charge in [-0.15, -0.1) is 0 Å². The lowest BCUT2D eigenvalue weighted by atomic mass is 10.1. The maximum Gasteiger partial charge on any atom is 0.273 e. The van der Waals surface area contributed by atoms with Crippen LogP contribution in [0, 0.1) is 5.92 Å². The monoisotopic (exact) mass is 463 g/mol. The first-order valence-corrected chi connectivity index (χ1v) is 11.4. The smallest absolute Gasteiger partial charge is 0.273 e. The molecule has 1 fully saturated rings. The van der Waals surface area contributed by atoms with Crippen molar-refractivity contribution in [2.75, 3.05) is 27.3 Å². The zero-order chi connectivity index (χ0) is 23.9. The third kappa shape index (κ3) is 6.15. The molecule has 0 atom stereocenters. The van der Waals surface area contributed by atoms with E-state index in [2.05, 4.69) is 10.5 Å². The highest BCUT2D eigenvalue weighted by Crippen LogP contribution is 2.27. The second kappa shape index (κ2) is 10.9. The molecule has 3 aromatic rings. The van der Waals surface area contributed by atoms with E-state index in [1.807, 2.05) is 24.3 Å². The Hall–Kier alpha value is -3.81. The number of carbonyl (C=O) groups is 2. The summed E-state index contributed by atoms with van der Waals surface area (Å²) in [6.45, 7) is 1.30. The molecule has 1 aliphatic carbocycles. The third-order valence-electron chi connectivity index (χ3n) is 5.82. The Labute approximate surface area is 198 Å². The van der Waals surface area contributed by atoms with Crippen molar-refractivity contribution < 1.29 is 23.6 Å². The minimum Gasteiger partial charge on any atom is -0.497 e. The molecule has 0 spiro atoms. The number of rotatable bonds is 11. The Balaban J connectivity index is 1.47. The molecule has 0 radical (unpaired) electrons. The summed E-state index contributed by atoms with van der Waals surface area (Å²) < 4.78 is 15.9. The first-order chi connectivity index (χ1) is 16.6. The number of nitrogens with zero attached hydrogens (tertiary/aromatic N) is 2. The summed E-state index contributed by atoms with van der Waals surface area (Å²) in [4.78, 5) is 27.4. The Bertz CT molecular complexity index is 1120. The predicted molar refractivity (Wildman–Crippen MR) is 126 cm³/mol. The number of aromatic nitrogens is 1. The molecule has 1 N–H and O–H groups in total. The highest BCUT2D eigenvalue weighted by Gasteiger charge is 2.24. The van der Waals surface area contributed by atoms with E-state index in [0.717, 1.165) is 24.2 Å². The van der Waals surface area contributed by atoms with Crippen LogP contribution in [0.5, 0.6) is 11.5 Å². The second-order valence-electron chi connectivity index (χ2n) is 8.39. The van der Waals surface area contributed by atoms with E-state index in [4.69, 9.17) is 14.0 Å². The van der Waals surface area contributed by atoms with Gasteiger partial charge in [0.05, 0.1) is 20.8 Å². The minimum absolute atomic E-state index is 0.163. The fraction of sp³-hybridized carbons (Fsp3) is 0.346. The molecule has 0 aliphatic heterocycles. The summed E-state index contributed by atoms with van der Waals surface area (Å²) in [6, 6.07) is 16.4. The molecule has 4 rings (SSSR count). The summed E-state index contributed by atoms with van der Waals surface area (Å²) in [6.07, 6.45) is 2.95. The molecule has 1 aliphatic rings. The van der Waals surface area contributed by atoms with Crippen LogP contribution in [0.1, 0.15) is 45.0 Å². The minimum atomic E-state index is -0.259. The largest absolute Gasteiger partial charge is 0.497 e. The van der Waals surface area contributed by atoms with Gasteiger partial charge < -0.3 is 24.2 Å². The number of hydrogen-bond acceptors (Lipinski definition) is 6. The molecule has 0 saturated heterocycles. The van der Waals surface area contributed by atoms with E-state index in [-0.39, 0.29) is 24.1 Å². The van der Waals surface area contributed by atoms with Gasteiger partial charge in [0, 0.05) is 24.7 Å². The maximum atomic E-state index is 13.4. The van der Waals surface area contributed by atoms with E-state index in [1.165, 1.54) is 0 Å². The van der Waals surface area contributed by atoms with Gasteiger partial charge in [0.25, 0.3) is 11.8 Å². The lowest BCUT2D eigenvalue weighted by Crippen LogP contribution is -2.32. The Morgan fingerprint density at radius 1 is 1.06 bits per heavy atom. The van der Waals surface area contributed by atoms with Gasteiger partial charge in [-0.1, -0.05) is 23.4 Å². The standard InChI is InChI=1S/C26H29N3O5/c1-32-21-10-8-18(9-11-21)12-13-29(26(31)20-4-3-5-22(14-20)33-2)17-23-15-24(28-34-23)25(30)27-16-19-6-7-19/h3-5,8-11,14-15,19H,6-7,12-13,16-17H2,1-2H3,(H,27,30). The number of nitrogens with one attached hydrogen (secondary N) is 1. The van der Waals surface area contributed by atoms with Crippen LogP contribution in [0.25, 0.3) is 0 Å². The molecular formula is C26H29N3O5. The highest BCUT2D eigenvalue weighted by molar-refractivity contribution is 5.95. The number of benzene rings is 2. The molecule has 8 heteroatoms. The topological polar surface area (TPSA) is 93.9 Å². The summed E-state index contributed by atoms with van der Waals surface area (Å²) >= 11 is 0. The van der Waals surface area contributed by atoms with Crippen LogP contribution in [-0.2, 0) is 13.0 Å². The zero-order valence-corrected chi connectivity index (χ0v) is 19.5. The Morgan fingerprint density at radius 3 is 2.53 bits per heavy atom. The van der Waals surface area contributed by atoms with Gasteiger partial charge in [0.2, 0.25) is 0 Å². The molecule has 0 unspecified atom stereocenters. The van der Waals surface area contributed by atoms with Gasteiger partial charge in [-0.3, -0.25) is 9.59 Å². The molecule has 1 saturated carbocycles. The first kappa shape index (κ1) is 23.4. The summed E-state index contributed by atoms with van der Waals surface area (Å²) in [5.41, 5.74) is 1.80. The molecular weight excluding hydrogens is 434 g/mol. The maximum absolute atomic E-state index is 13.4. The van der Waals surface area contributed by atoms with E-state index in [9.17, 15) is 9.59 Å². The van der Waals surface area contributed by atoms with Crippen LogP contribution >= 0.6 is 0 Å². The molecule has 178 valence electrons. The Kier molecular flexibility index (Phi) is 7.47. The van der Waals surface area contributed by atoms with E-state index < -0.39 is 0 Å². The summed E-state index contributed by atoms with van der Waals surface area (Å²) in [5, 5.41) is 6.78. The quantitative estimate of drug-likeness (QED) is 0.466. The second-order valence-corrected chi connectivity index (χ2v) is 8.39. The van der Waals surface area contributed by atoms with Crippen LogP contribution in [0.2, 0.25) is 0 Å². The van der Waals surface area contributed by atoms with Crippen LogP contribution in [0.3, 0.4) is 0 Å². The van der Waals surface area contributed by atoms with Crippen molar-refractivity contribution in [3.8, 4) is 11.5 Å². The van der Waals surface area contributed by atoms with Crippen molar-refractivity contribution in [2.45, 2.75) is 25.8 Å². The Morgan fingerprint density at radius 2 is 1.82 bits per heavy atom. The zero-order valence-electron chi connectivity index (χ0n) is 19.5. The average molecular weight is 464 g/mol. The summed E-state index contributed by atoms with van der Waals surface area (Å²) in [5.74, 6) is 1.98. The fourth-order valence-electron chi connectivity index (χ4n) is 3.58. The number of methoxy groups -OCH3 is 2. The van der Waals surface area contributed by atoms with E-state index >= 15 is 0 Å². The molecule has 1 heterocycles. The van der Waals surface area contributed by atoms with Crippen LogP contribution < -0.4 is 14.8 Å². The molecule has 0 bridgehead atoms. The van der Waals surface area contributed by atoms with Crippen molar-refractivity contribution >= 4 is 11.8 Å². The molecule has 8 nitrogen and oxygen atoms in total. The number of carbonyl (C=O) groups excluding carboxylic acids is 2. The predicted octanol–water partition coefficient (Wildman–Crippen LogP) is 3.72. The third-order valence-corrected chi connectivity index (χ3v) is 5.82. The van der Waals surface area contributed by atoms with Gasteiger partial charge >= 0.3 is 0 Å². The number of hydrogen-bond donors (Lipinski definition) is 1. The fourth-order valence-corrected chi connectivity index (χ4v) is 3.58. The van der Waals surface area contributed by atoms with E-state index in [0.29, 0.717) is 42.5 Å². The van der Waals surface area contributed by atoms with Crippen molar-refractivity contribution in [1.29, 1.82) is 0 Å². The molecule has 2 amide bonds. The van der Waals surface area contributed by atoms with Crippen LogP contribution in [0.4, 0.5) is 0 Å². The first-order valence-electron chi connectivity index (χ1n) is 11.4. The number of amides is 2. The van der Waals surface area contributed by atoms with Crippen molar-refractivity contribution in [3.63, 3.8) is 0 Å². The van der Waals surface area contributed by atoms with Crippen molar-refractivity contribution in [1.82, 2.24) is 15.4 Å². The van der Waals surface area contributed by atoms with Gasteiger partial charge in [-0.2, -0.15) is 0 Å². The lowest BCUT2D eigenvalue weighted by Gasteiger charge is -2.22. The normalized spacial score (nSPS) is 12.8. The van der Waals surface area contributed by atoms with Crippen LogP contribution in [-0.4, -0.2) is 49.2 Å². The average Bonchev–Trinajstić information content (AvgIpc) is 3.60. The molecule has 2 aromatic carbocycles. The van der Waals surface area contributed by atoms with E-state index in [1.54, 1.807) is 49.5 Å². The lowest BCUT2D eigenvalue weighted by molar-refractivity contribution is 0.0728. The van der Waals surface area contributed by atoms with Crippen molar-refractivity contribution in [3.05, 3.63) is 77.2 Å². The number of ether oxygens (including phenoxy) is 2. The molecule has 34 heavy (non-hydrogen) atoms. The SMILES string of the molecule is COc1ccc(CCN(Cc2cc(C(=O)NCC3CC3)no2)C(=O)c2cccc(OC)c2)cc1. The van der Waals surface area contributed by atoms with Gasteiger partial charge in [-0.05, 0) is 61.1 Å². The van der Waals surface area contributed by atoms with Crippen molar-refractivity contribution in [2.24, 2.45) is 5.92 Å². The van der Waals surface area contributed by atoms with Gasteiger partial charge in [0.1, 0.15) is 11.5 Å². The molecule has 1 aromatic heterocycles. The summed E-state index contributed by atoms with van der Waals surface area (Å²) in [7, 11) is 3.19.